The Labute approximate surface area is 156 Å². The van der Waals surface area contributed by atoms with Crippen LogP contribution in [0.5, 0.6) is 0 Å². The summed E-state index contributed by atoms with van der Waals surface area (Å²) in [7, 11) is -4.31. The molecule has 0 unspecified atom stereocenters. The van der Waals surface area contributed by atoms with Crippen molar-refractivity contribution in [2.75, 3.05) is 4.83 Å². The molecule has 144 valence electrons. The number of hydrogen-bond donors (Lipinski definition) is 2. The van der Waals surface area contributed by atoms with Gasteiger partial charge in [0, 0.05) is 17.0 Å². The summed E-state index contributed by atoms with van der Waals surface area (Å²) in [4.78, 5) is 14.3. The average molecular weight is 407 g/mol. The first kappa shape index (κ1) is 18.1. The molecule has 3 aromatic carbocycles. The first-order valence-corrected chi connectivity index (χ1v) is 9.46. The fourth-order valence-electron chi connectivity index (χ4n) is 2.96. The third-order valence-electron chi connectivity index (χ3n) is 4.25. The lowest BCUT2D eigenvalue weighted by Gasteiger charge is -2.13. The molecule has 1 heterocycles. The largest absolute Gasteiger partial charge is 0.416 e. The van der Waals surface area contributed by atoms with Crippen molar-refractivity contribution in [2.24, 2.45) is 0 Å². The Morgan fingerprint density at radius 3 is 2.46 bits per heavy atom. The lowest BCUT2D eigenvalue weighted by atomic mass is 10.1. The molecule has 10 heteroatoms. The zero-order valence-electron chi connectivity index (χ0n) is 14.0. The SMILES string of the molecule is O=c1ccc2c(ccc3c[nH]n(NS(=O)(=O)c4cccc(C(F)(F)F)c4)c32)c1. The standard InChI is InChI=1S/C18H12F3N3O3S/c19-18(20,21)13-2-1-3-15(9-13)28(26,27)23-24-17-12(10-22-24)5-4-11-8-14(25)6-7-16(11)17/h1-10,22-23H. The number of hydrogen-bond acceptors (Lipinski definition) is 3. The molecule has 0 aliphatic heterocycles. The Kier molecular flexibility index (Phi) is 3.96. The van der Waals surface area contributed by atoms with E-state index in [2.05, 4.69) is 9.93 Å². The summed E-state index contributed by atoms with van der Waals surface area (Å²) in [6, 6.07) is 11.2. The molecule has 0 aliphatic rings. The Bertz CT molecular complexity index is 1370. The molecule has 4 aromatic rings. The van der Waals surface area contributed by atoms with E-state index in [-0.39, 0.29) is 5.43 Å². The molecule has 1 aromatic heterocycles. The van der Waals surface area contributed by atoms with Crippen LogP contribution >= 0.6 is 0 Å². The Balaban J connectivity index is 1.83. The van der Waals surface area contributed by atoms with Crippen molar-refractivity contribution >= 4 is 31.7 Å². The maximum absolute atomic E-state index is 12.9. The Hall–Kier alpha value is -3.27. The molecule has 6 nitrogen and oxygen atoms in total. The number of benzene rings is 3. The molecule has 0 saturated heterocycles. The van der Waals surface area contributed by atoms with E-state index in [1.807, 2.05) is 0 Å². The van der Waals surface area contributed by atoms with Crippen LogP contribution in [0, 0.1) is 0 Å². The van der Waals surface area contributed by atoms with Gasteiger partial charge in [0.25, 0.3) is 10.0 Å². The van der Waals surface area contributed by atoms with Crippen molar-refractivity contribution in [3.63, 3.8) is 0 Å². The number of aromatic nitrogens is 2. The van der Waals surface area contributed by atoms with Crippen molar-refractivity contribution in [3.8, 4) is 0 Å². The molecule has 2 N–H and O–H groups in total. The molecular weight excluding hydrogens is 395 g/mol. The van der Waals surface area contributed by atoms with Crippen LogP contribution in [-0.4, -0.2) is 18.3 Å². The van der Waals surface area contributed by atoms with Crippen molar-refractivity contribution in [1.82, 2.24) is 9.89 Å². The first-order chi connectivity index (χ1) is 13.1. The summed E-state index contributed by atoms with van der Waals surface area (Å²) in [5, 5.41) is 4.57. The molecule has 0 fully saturated rings. The highest BCUT2D eigenvalue weighted by Crippen LogP contribution is 2.31. The smallest absolute Gasteiger partial charge is 0.290 e. The molecular formula is C18H12F3N3O3S. The van der Waals surface area contributed by atoms with Gasteiger partial charge >= 0.3 is 6.18 Å². The molecule has 4 rings (SSSR count). The van der Waals surface area contributed by atoms with Crippen molar-refractivity contribution in [1.29, 1.82) is 0 Å². The van der Waals surface area contributed by atoms with Crippen LogP contribution in [0.1, 0.15) is 5.56 Å². The summed E-state index contributed by atoms with van der Waals surface area (Å²) >= 11 is 0. The second-order valence-electron chi connectivity index (χ2n) is 6.12. The predicted molar refractivity (Wildman–Crippen MR) is 98.1 cm³/mol. The highest BCUT2D eigenvalue weighted by molar-refractivity contribution is 7.92. The Morgan fingerprint density at radius 1 is 0.964 bits per heavy atom. The van der Waals surface area contributed by atoms with E-state index in [4.69, 9.17) is 0 Å². The van der Waals surface area contributed by atoms with Gasteiger partial charge in [-0.3, -0.25) is 9.89 Å². The van der Waals surface area contributed by atoms with Gasteiger partial charge in [-0.2, -0.15) is 26.4 Å². The summed E-state index contributed by atoms with van der Waals surface area (Å²) in [6.45, 7) is 0. The van der Waals surface area contributed by atoms with Gasteiger partial charge < -0.3 is 0 Å². The molecule has 0 saturated carbocycles. The zero-order valence-corrected chi connectivity index (χ0v) is 14.8. The monoisotopic (exact) mass is 407 g/mol. The molecule has 0 atom stereocenters. The van der Waals surface area contributed by atoms with Crippen LogP contribution in [0.3, 0.4) is 0 Å². The zero-order chi connectivity index (χ0) is 20.1. The van der Waals surface area contributed by atoms with E-state index >= 15 is 0 Å². The highest BCUT2D eigenvalue weighted by atomic mass is 32.2. The fourth-order valence-corrected chi connectivity index (χ4v) is 3.99. The van der Waals surface area contributed by atoms with Gasteiger partial charge in [-0.25, -0.2) is 4.83 Å². The maximum Gasteiger partial charge on any atom is 0.416 e. The number of fused-ring (bicyclic) bond motifs is 3. The van der Waals surface area contributed by atoms with Crippen molar-refractivity contribution < 1.29 is 21.6 Å². The molecule has 28 heavy (non-hydrogen) atoms. The highest BCUT2D eigenvalue weighted by Gasteiger charge is 2.31. The molecule has 0 amide bonds. The van der Waals surface area contributed by atoms with Crippen LogP contribution in [-0.2, 0) is 16.2 Å². The minimum Gasteiger partial charge on any atom is -0.290 e. The fraction of sp³-hybridized carbons (Fsp3) is 0.0556. The minimum atomic E-state index is -4.66. The van der Waals surface area contributed by atoms with Gasteiger partial charge in [0.05, 0.1) is 16.0 Å². The number of nitrogens with one attached hydrogen (secondary N) is 2. The average Bonchev–Trinajstić information content (AvgIpc) is 3.03. The van der Waals surface area contributed by atoms with Gasteiger partial charge in [0.1, 0.15) is 0 Å². The van der Waals surface area contributed by atoms with Gasteiger partial charge in [-0.05, 0) is 41.8 Å². The topological polar surface area (TPSA) is 84.0 Å². The number of alkyl halides is 3. The van der Waals surface area contributed by atoms with Gasteiger partial charge in [0.2, 0.25) is 0 Å². The second-order valence-corrected chi connectivity index (χ2v) is 7.78. The van der Waals surface area contributed by atoms with Crippen LogP contribution in [0.4, 0.5) is 13.2 Å². The summed E-state index contributed by atoms with van der Waals surface area (Å²) in [5.41, 5.74) is -0.823. The quantitative estimate of drug-likeness (QED) is 0.546. The predicted octanol–water partition coefficient (Wildman–Crippen LogP) is 3.43. The molecule has 0 aliphatic carbocycles. The lowest BCUT2D eigenvalue weighted by Crippen LogP contribution is -2.24. The maximum atomic E-state index is 12.9. The number of aromatic amines is 1. The normalized spacial score (nSPS) is 12.5. The lowest BCUT2D eigenvalue weighted by molar-refractivity contribution is -0.137. The third kappa shape index (κ3) is 3.11. The minimum absolute atomic E-state index is 0.196. The number of sulfonamides is 1. The number of rotatable bonds is 3. The van der Waals surface area contributed by atoms with Crippen LogP contribution in [0.15, 0.2) is 70.5 Å². The second kappa shape index (κ2) is 6.13. The molecule has 0 radical (unpaired) electrons. The van der Waals surface area contributed by atoms with E-state index < -0.39 is 26.7 Å². The number of halogens is 3. The van der Waals surface area contributed by atoms with E-state index in [1.54, 1.807) is 18.2 Å². The first-order valence-electron chi connectivity index (χ1n) is 7.98. The van der Waals surface area contributed by atoms with Crippen molar-refractivity contribution in [2.45, 2.75) is 11.1 Å². The summed E-state index contributed by atoms with van der Waals surface area (Å²) in [6.07, 6.45) is -3.13. The van der Waals surface area contributed by atoms with Crippen LogP contribution in [0.25, 0.3) is 21.7 Å². The van der Waals surface area contributed by atoms with Crippen LogP contribution < -0.4 is 10.3 Å². The molecule has 0 bridgehead atoms. The van der Waals surface area contributed by atoms with Crippen LogP contribution in [0.2, 0.25) is 0 Å². The number of H-pyrrole nitrogens is 1. The van der Waals surface area contributed by atoms with Gasteiger partial charge in [0.15, 0.2) is 5.43 Å². The molecule has 0 spiro atoms. The van der Waals surface area contributed by atoms with Gasteiger partial charge in [-0.15, -0.1) is 0 Å². The van der Waals surface area contributed by atoms with E-state index in [1.165, 1.54) is 18.3 Å². The van der Waals surface area contributed by atoms with E-state index in [0.29, 0.717) is 27.7 Å². The van der Waals surface area contributed by atoms with Gasteiger partial charge in [-0.1, -0.05) is 18.2 Å². The summed E-state index contributed by atoms with van der Waals surface area (Å²) in [5.74, 6) is 0. The van der Waals surface area contributed by atoms with Crippen molar-refractivity contribution in [3.05, 3.63) is 76.6 Å². The van der Waals surface area contributed by atoms with E-state index in [0.717, 1.165) is 23.0 Å². The Morgan fingerprint density at radius 2 is 1.71 bits per heavy atom. The third-order valence-corrected chi connectivity index (χ3v) is 5.55. The van der Waals surface area contributed by atoms with E-state index in [9.17, 15) is 26.4 Å². The summed E-state index contributed by atoms with van der Waals surface area (Å²) < 4.78 is 64.0. The number of nitrogens with zero attached hydrogens (tertiary/aromatic N) is 1.